The van der Waals surface area contributed by atoms with Gasteiger partial charge in [-0.3, -0.25) is 8.52 Å². The lowest BCUT2D eigenvalue weighted by Gasteiger charge is -1.99. The Kier molecular flexibility index (Phi) is 4.77. The molecule has 118 valence electrons. The van der Waals surface area contributed by atoms with Crippen LogP contribution in [0.3, 0.4) is 0 Å². The van der Waals surface area contributed by atoms with E-state index in [-0.39, 0.29) is 0 Å². The summed E-state index contributed by atoms with van der Waals surface area (Å²) in [6.45, 7) is 5.79. The molecule has 3 aromatic heterocycles. The van der Waals surface area contributed by atoms with Crippen LogP contribution in [0, 0.1) is 0 Å². The van der Waals surface area contributed by atoms with E-state index in [1.54, 1.807) is 23.9 Å². The van der Waals surface area contributed by atoms with Crippen molar-refractivity contribution in [2.75, 3.05) is 0 Å². The highest BCUT2D eigenvalue weighted by molar-refractivity contribution is 7.03. The van der Waals surface area contributed by atoms with Gasteiger partial charge in [-0.2, -0.15) is 9.98 Å². The number of rotatable bonds is 4. The van der Waals surface area contributed by atoms with Gasteiger partial charge in [0.15, 0.2) is 11.6 Å². The topological polar surface area (TPSA) is 60.4 Å². The second-order valence-corrected chi connectivity index (χ2v) is 5.70. The largest absolute Gasteiger partial charge is 0.286 e. The second kappa shape index (κ2) is 7.15. The number of hydrogen-bond donors (Lipinski definition) is 0. The molecule has 0 aliphatic carbocycles. The van der Waals surface area contributed by atoms with Gasteiger partial charge in [0.05, 0.1) is 0 Å². The molecule has 0 unspecified atom stereocenters. The fourth-order valence-electron chi connectivity index (χ4n) is 2.13. The average Bonchev–Trinajstić information content (AvgIpc) is 2.93. The minimum Gasteiger partial charge on any atom is -0.286 e. The molecular weight excluding hydrogens is 308 g/mol. The van der Waals surface area contributed by atoms with E-state index in [0.717, 1.165) is 23.5 Å². The van der Waals surface area contributed by atoms with Crippen LogP contribution in [0.1, 0.15) is 13.8 Å². The third-order valence-electron chi connectivity index (χ3n) is 3.21. The summed E-state index contributed by atoms with van der Waals surface area (Å²) in [5.41, 5.74) is 0.855. The minimum absolute atomic E-state index is 0.694. The van der Waals surface area contributed by atoms with Gasteiger partial charge in [0, 0.05) is 25.5 Å². The Bertz CT molecular complexity index is 890. The molecule has 3 aromatic rings. The van der Waals surface area contributed by atoms with Gasteiger partial charge in [0.25, 0.3) is 0 Å². The van der Waals surface area contributed by atoms with E-state index < -0.39 is 0 Å². The third kappa shape index (κ3) is 3.45. The maximum Gasteiger partial charge on any atom is 0.223 e. The summed E-state index contributed by atoms with van der Waals surface area (Å²) in [5, 5.41) is 0. The minimum atomic E-state index is 0.694. The van der Waals surface area contributed by atoms with Crippen molar-refractivity contribution in [1.82, 2.24) is 18.5 Å². The van der Waals surface area contributed by atoms with Crippen LogP contribution in [-0.2, 0) is 13.1 Å². The van der Waals surface area contributed by atoms with Crippen molar-refractivity contribution in [3.8, 4) is 0 Å². The molecule has 0 amide bonds. The number of hydrogen-bond acceptors (Lipinski definition) is 5. The molecule has 0 atom stereocenters. The van der Waals surface area contributed by atoms with Crippen molar-refractivity contribution in [3.05, 3.63) is 59.2 Å². The molecule has 0 saturated carbocycles. The van der Waals surface area contributed by atoms with Gasteiger partial charge >= 0.3 is 0 Å². The number of aryl methyl sites for hydroxylation is 1. The summed E-state index contributed by atoms with van der Waals surface area (Å²) in [6.07, 6.45) is 3.49. The molecule has 0 saturated heterocycles. The lowest BCUT2D eigenvalue weighted by molar-refractivity contribution is 0.631. The maximum atomic E-state index is 4.69. The van der Waals surface area contributed by atoms with E-state index in [2.05, 4.69) is 42.3 Å². The number of nitrogens with zero attached hydrogens (tertiary/aromatic N) is 6. The quantitative estimate of drug-likeness (QED) is 0.740. The summed E-state index contributed by atoms with van der Waals surface area (Å²) >= 11 is 1.58. The standard InChI is InChI=1S/C16H18N6S/c1-3-21-15(19-13-9-5-7-11-17-13)22(4-2)23-16(21)20-14-10-6-8-12-18-14/h5-12H,3-4H2,1-2H3/b19-15-,20-16-. The number of aromatic nitrogens is 4. The third-order valence-corrected chi connectivity index (χ3v) is 4.33. The van der Waals surface area contributed by atoms with Gasteiger partial charge < -0.3 is 0 Å². The molecule has 0 fully saturated rings. The summed E-state index contributed by atoms with van der Waals surface area (Å²) in [7, 11) is 0. The first-order valence-corrected chi connectivity index (χ1v) is 8.31. The van der Waals surface area contributed by atoms with E-state index in [9.17, 15) is 0 Å². The Labute approximate surface area is 138 Å². The fraction of sp³-hybridized carbons (Fsp3) is 0.250. The van der Waals surface area contributed by atoms with Crippen molar-refractivity contribution in [3.63, 3.8) is 0 Å². The van der Waals surface area contributed by atoms with Gasteiger partial charge in [-0.15, -0.1) is 0 Å². The first kappa shape index (κ1) is 15.4. The number of pyridine rings is 2. The van der Waals surface area contributed by atoms with Crippen molar-refractivity contribution in [2.45, 2.75) is 26.9 Å². The van der Waals surface area contributed by atoms with Crippen molar-refractivity contribution in [2.24, 2.45) is 9.98 Å². The lowest BCUT2D eigenvalue weighted by Crippen LogP contribution is -2.29. The van der Waals surface area contributed by atoms with Crippen LogP contribution in [0.25, 0.3) is 0 Å². The van der Waals surface area contributed by atoms with Crippen LogP contribution < -0.4 is 10.4 Å². The molecule has 3 rings (SSSR count). The summed E-state index contributed by atoms with van der Waals surface area (Å²) in [5.74, 6) is 1.39. The Morgan fingerprint density at radius 3 is 2.09 bits per heavy atom. The van der Waals surface area contributed by atoms with Gasteiger partial charge in [-0.05, 0) is 49.6 Å². The SMILES string of the molecule is CCn1s/c(=N\c2ccccn2)n(CC)/c1=N/c1ccccn1. The summed E-state index contributed by atoms with van der Waals surface area (Å²) < 4.78 is 4.19. The molecule has 0 aromatic carbocycles. The molecule has 0 radical (unpaired) electrons. The van der Waals surface area contributed by atoms with E-state index in [0.29, 0.717) is 11.6 Å². The molecule has 0 spiro atoms. The van der Waals surface area contributed by atoms with Gasteiger partial charge in [-0.1, -0.05) is 12.1 Å². The van der Waals surface area contributed by atoms with E-state index in [1.165, 1.54) is 0 Å². The second-order valence-electron chi connectivity index (χ2n) is 4.71. The first-order valence-electron chi connectivity index (χ1n) is 7.54. The van der Waals surface area contributed by atoms with Crippen LogP contribution in [0.2, 0.25) is 0 Å². The Morgan fingerprint density at radius 2 is 1.57 bits per heavy atom. The highest BCUT2D eigenvalue weighted by Crippen LogP contribution is 2.05. The predicted octanol–water partition coefficient (Wildman–Crippen LogP) is 2.65. The molecule has 0 aliphatic rings. The molecule has 0 N–H and O–H groups in total. The average molecular weight is 326 g/mol. The van der Waals surface area contributed by atoms with Crippen molar-refractivity contribution < 1.29 is 0 Å². The normalized spacial score (nSPS) is 12.8. The first-order chi connectivity index (χ1) is 11.3. The smallest absolute Gasteiger partial charge is 0.223 e. The Hall–Kier alpha value is -2.54. The van der Waals surface area contributed by atoms with Crippen LogP contribution in [0.15, 0.2) is 58.8 Å². The highest BCUT2D eigenvalue weighted by atomic mass is 32.1. The van der Waals surface area contributed by atoms with Crippen LogP contribution in [0.4, 0.5) is 11.6 Å². The molecule has 23 heavy (non-hydrogen) atoms. The van der Waals surface area contributed by atoms with Crippen LogP contribution in [0.5, 0.6) is 0 Å². The zero-order chi connectivity index (χ0) is 16.1. The highest BCUT2D eigenvalue weighted by Gasteiger charge is 2.05. The zero-order valence-corrected chi connectivity index (χ0v) is 13.9. The van der Waals surface area contributed by atoms with Crippen molar-refractivity contribution >= 4 is 23.2 Å². The van der Waals surface area contributed by atoms with E-state index in [4.69, 9.17) is 0 Å². The van der Waals surface area contributed by atoms with Gasteiger partial charge in [0.1, 0.15) is 0 Å². The predicted molar refractivity (Wildman–Crippen MR) is 90.6 cm³/mol. The van der Waals surface area contributed by atoms with Gasteiger partial charge in [-0.25, -0.2) is 9.97 Å². The molecule has 0 aliphatic heterocycles. The zero-order valence-electron chi connectivity index (χ0n) is 13.1. The van der Waals surface area contributed by atoms with Crippen LogP contribution >= 0.6 is 11.5 Å². The molecule has 6 nitrogen and oxygen atoms in total. The van der Waals surface area contributed by atoms with Crippen molar-refractivity contribution in [1.29, 1.82) is 0 Å². The Balaban J connectivity index is 2.21. The maximum absolute atomic E-state index is 4.69. The monoisotopic (exact) mass is 326 g/mol. The van der Waals surface area contributed by atoms with E-state index in [1.807, 2.05) is 36.4 Å². The summed E-state index contributed by atoms with van der Waals surface area (Å²) in [6, 6.07) is 11.4. The van der Waals surface area contributed by atoms with Crippen LogP contribution in [-0.4, -0.2) is 18.5 Å². The van der Waals surface area contributed by atoms with Gasteiger partial charge in [0.2, 0.25) is 10.4 Å². The fourth-order valence-corrected chi connectivity index (χ4v) is 3.12. The molecular formula is C16H18N6S. The molecule has 3 heterocycles. The van der Waals surface area contributed by atoms with E-state index >= 15 is 0 Å². The summed E-state index contributed by atoms with van der Waals surface area (Å²) in [4.78, 5) is 18.8. The molecule has 0 bridgehead atoms. The Morgan fingerprint density at radius 1 is 0.913 bits per heavy atom. The molecule has 7 heteroatoms. The lowest BCUT2D eigenvalue weighted by atomic mass is 10.5.